The summed E-state index contributed by atoms with van der Waals surface area (Å²) in [7, 11) is 0. The molecule has 2 N–H and O–H groups in total. The molecule has 20 heavy (non-hydrogen) atoms. The molecule has 1 unspecified atom stereocenters. The van der Waals surface area contributed by atoms with Crippen LogP contribution in [0.4, 0.5) is 5.82 Å². The summed E-state index contributed by atoms with van der Waals surface area (Å²) in [5.74, 6) is 1.09. The van der Waals surface area contributed by atoms with Gasteiger partial charge in [0, 0.05) is 23.9 Å². The molecule has 0 saturated carbocycles. The number of fused-ring (bicyclic) bond motifs is 3. The molecule has 1 amide bonds. The highest BCUT2D eigenvalue weighted by atomic mass is 32.1. The van der Waals surface area contributed by atoms with Crippen molar-refractivity contribution in [1.82, 2.24) is 15.3 Å². The van der Waals surface area contributed by atoms with Gasteiger partial charge in [0.1, 0.15) is 17.0 Å². The van der Waals surface area contributed by atoms with Crippen molar-refractivity contribution in [2.45, 2.75) is 38.1 Å². The Morgan fingerprint density at radius 1 is 1.30 bits per heavy atom. The second kappa shape index (κ2) is 4.70. The van der Waals surface area contributed by atoms with Crippen molar-refractivity contribution < 1.29 is 4.79 Å². The number of amides is 1. The van der Waals surface area contributed by atoms with E-state index in [0.717, 1.165) is 23.5 Å². The van der Waals surface area contributed by atoms with Crippen LogP contribution in [0.2, 0.25) is 0 Å². The van der Waals surface area contributed by atoms with E-state index >= 15 is 0 Å². The van der Waals surface area contributed by atoms with E-state index in [2.05, 4.69) is 20.6 Å². The van der Waals surface area contributed by atoms with Crippen molar-refractivity contribution in [3.8, 4) is 0 Å². The molecule has 1 saturated heterocycles. The molecular formula is C14H16N4OS. The van der Waals surface area contributed by atoms with E-state index in [1.165, 1.54) is 28.7 Å². The Hall–Kier alpha value is -1.69. The lowest BCUT2D eigenvalue weighted by atomic mass is 10.1. The zero-order valence-electron chi connectivity index (χ0n) is 11.1. The van der Waals surface area contributed by atoms with E-state index in [-0.39, 0.29) is 11.9 Å². The third kappa shape index (κ3) is 1.95. The summed E-state index contributed by atoms with van der Waals surface area (Å²) < 4.78 is 0. The number of hydrogen-bond donors (Lipinski definition) is 2. The van der Waals surface area contributed by atoms with Crippen LogP contribution in [0.15, 0.2) is 6.33 Å². The minimum Gasteiger partial charge on any atom is -0.365 e. The summed E-state index contributed by atoms with van der Waals surface area (Å²) in [5.41, 5.74) is 1.44. The molecule has 2 aromatic rings. The van der Waals surface area contributed by atoms with Crippen LogP contribution in [0.3, 0.4) is 0 Å². The quantitative estimate of drug-likeness (QED) is 0.885. The van der Waals surface area contributed by atoms with Gasteiger partial charge in [-0.15, -0.1) is 11.3 Å². The Bertz CT molecular complexity index is 671. The molecule has 4 rings (SSSR count). The molecule has 6 heteroatoms. The third-order valence-electron chi connectivity index (χ3n) is 4.11. The summed E-state index contributed by atoms with van der Waals surface area (Å²) in [6, 6.07) is 0.266. The zero-order chi connectivity index (χ0) is 13.5. The first kappa shape index (κ1) is 12.1. The lowest BCUT2D eigenvalue weighted by molar-refractivity contribution is -0.122. The molecule has 0 bridgehead atoms. The number of nitrogens with one attached hydrogen (secondary N) is 2. The Morgan fingerprint density at radius 2 is 2.25 bits per heavy atom. The van der Waals surface area contributed by atoms with Crippen molar-refractivity contribution in [1.29, 1.82) is 0 Å². The fraction of sp³-hybridized carbons (Fsp3) is 0.500. The van der Waals surface area contributed by atoms with Crippen LogP contribution in [0.5, 0.6) is 0 Å². The summed E-state index contributed by atoms with van der Waals surface area (Å²) >= 11 is 1.80. The van der Waals surface area contributed by atoms with Gasteiger partial charge in [-0.2, -0.15) is 0 Å². The lowest BCUT2D eigenvalue weighted by Gasteiger charge is -2.24. The second-order valence-electron chi connectivity index (χ2n) is 5.44. The average Bonchev–Trinajstić information content (AvgIpc) is 3.02. The minimum atomic E-state index is 0.146. The molecule has 104 valence electrons. The summed E-state index contributed by atoms with van der Waals surface area (Å²) in [6.45, 7) is 0.677. The van der Waals surface area contributed by atoms with Gasteiger partial charge in [0.25, 0.3) is 0 Å². The van der Waals surface area contributed by atoms with Crippen LogP contribution in [0.25, 0.3) is 10.2 Å². The lowest BCUT2D eigenvalue weighted by Crippen LogP contribution is -2.42. The van der Waals surface area contributed by atoms with Gasteiger partial charge in [0.05, 0.1) is 5.39 Å². The molecule has 3 heterocycles. The number of piperidine rings is 1. The predicted molar refractivity (Wildman–Crippen MR) is 79.1 cm³/mol. The second-order valence-corrected chi connectivity index (χ2v) is 6.53. The van der Waals surface area contributed by atoms with Crippen molar-refractivity contribution in [3.63, 3.8) is 0 Å². The molecule has 1 aliphatic heterocycles. The van der Waals surface area contributed by atoms with Gasteiger partial charge in [-0.05, 0) is 31.2 Å². The number of nitrogens with zero attached hydrogens (tertiary/aromatic N) is 2. The fourth-order valence-electron chi connectivity index (χ4n) is 3.09. The third-order valence-corrected chi connectivity index (χ3v) is 5.31. The number of aromatic nitrogens is 2. The molecule has 0 aromatic carbocycles. The van der Waals surface area contributed by atoms with E-state index in [1.54, 1.807) is 17.7 Å². The van der Waals surface area contributed by atoms with Gasteiger partial charge in [-0.1, -0.05) is 0 Å². The van der Waals surface area contributed by atoms with E-state index in [0.29, 0.717) is 13.0 Å². The van der Waals surface area contributed by atoms with Crippen molar-refractivity contribution >= 4 is 33.3 Å². The summed E-state index contributed by atoms with van der Waals surface area (Å²) in [6.07, 6.45) is 6.65. The Kier molecular flexibility index (Phi) is 2.84. The maximum atomic E-state index is 11.2. The van der Waals surface area contributed by atoms with E-state index in [1.807, 2.05) is 0 Å². The molecule has 1 fully saturated rings. The van der Waals surface area contributed by atoms with E-state index < -0.39 is 0 Å². The largest absolute Gasteiger partial charge is 0.365 e. The first-order chi connectivity index (χ1) is 9.81. The Morgan fingerprint density at radius 3 is 3.10 bits per heavy atom. The first-order valence-corrected chi connectivity index (χ1v) is 7.91. The molecule has 0 radical (unpaired) electrons. The minimum absolute atomic E-state index is 0.146. The highest BCUT2D eigenvalue weighted by Crippen LogP contribution is 2.39. The summed E-state index contributed by atoms with van der Waals surface area (Å²) in [4.78, 5) is 22.6. The Balaban J connectivity index is 1.67. The molecule has 1 aliphatic carbocycles. The number of aryl methyl sites for hydroxylation is 2. The first-order valence-electron chi connectivity index (χ1n) is 7.10. The van der Waals surface area contributed by atoms with Gasteiger partial charge < -0.3 is 10.6 Å². The van der Waals surface area contributed by atoms with Gasteiger partial charge >= 0.3 is 0 Å². The van der Waals surface area contributed by atoms with Crippen molar-refractivity contribution in [3.05, 3.63) is 16.8 Å². The van der Waals surface area contributed by atoms with Crippen LogP contribution >= 0.6 is 11.3 Å². The standard InChI is InChI=1S/C14H16N4OS/c19-11-5-4-8(6-15-11)18-13-12-9-2-1-3-10(9)20-14(12)17-7-16-13/h7-8H,1-6H2,(H,15,19)(H,16,17,18). The van der Waals surface area contributed by atoms with E-state index in [9.17, 15) is 4.79 Å². The maximum absolute atomic E-state index is 11.2. The van der Waals surface area contributed by atoms with Crippen LogP contribution in [-0.4, -0.2) is 28.5 Å². The predicted octanol–water partition coefficient (Wildman–Crippen LogP) is 1.87. The number of thiophene rings is 1. The monoisotopic (exact) mass is 288 g/mol. The van der Waals surface area contributed by atoms with Gasteiger partial charge in [0.2, 0.25) is 5.91 Å². The topological polar surface area (TPSA) is 66.9 Å². The molecule has 2 aliphatic rings. The normalized spacial score (nSPS) is 21.8. The summed E-state index contributed by atoms with van der Waals surface area (Å²) in [5, 5.41) is 7.62. The average molecular weight is 288 g/mol. The number of carbonyl (C=O) groups excluding carboxylic acids is 1. The Labute approximate surface area is 120 Å². The van der Waals surface area contributed by atoms with Crippen LogP contribution in [0.1, 0.15) is 29.7 Å². The SMILES string of the molecule is O=C1CCC(Nc2ncnc3sc4c(c23)CCC4)CN1. The molecule has 1 atom stereocenters. The highest BCUT2D eigenvalue weighted by Gasteiger charge is 2.23. The number of anilines is 1. The maximum Gasteiger partial charge on any atom is 0.220 e. The van der Waals surface area contributed by atoms with Crippen LogP contribution < -0.4 is 10.6 Å². The number of rotatable bonds is 2. The molecule has 0 spiro atoms. The van der Waals surface area contributed by atoms with Crippen molar-refractivity contribution in [2.75, 3.05) is 11.9 Å². The number of hydrogen-bond acceptors (Lipinski definition) is 5. The molecule has 2 aromatic heterocycles. The molecule has 5 nitrogen and oxygen atoms in total. The van der Waals surface area contributed by atoms with Crippen LogP contribution in [-0.2, 0) is 17.6 Å². The molecular weight excluding hydrogens is 272 g/mol. The van der Waals surface area contributed by atoms with Crippen LogP contribution in [0, 0.1) is 0 Å². The fourth-order valence-corrected chi connectivity index (χ4v) is 4.32. The van der Waals surface area contributed by atoms with Gasteiger partial charge in [-0.25, -0.2) is 9.97 Å². The van der Waals surface area contributed by atoms with Crippen molar-refractivity contribution in [2.24, 2.45) is 0 Å². The number of carbonyl (C=O) groups is 1. The smallest absolute Gasteiger partial charge is 0.220 e. The zero-order valence-corrected chi connectivity index (χ0v) is 11.9. The highest BCUT2D eigenvalue weighted by molar-refractivity contribution is 7.19. The van der Waals surface area contributed by atoms with E-state index in [4.69, 9.17) is 0 Å². The van der Waals surface area contributed by atoms with Gasteiger partial charge in [0.15, 0.2) is 0 Å². The van der Waals surface area contributed by atoms with Gasteiger partial charge in [-0.3, -0.25) is 4.79 Å².